The lowest BCUT2D eigenvalue weighted by atomic mass is 9.98. The summed E-state index contributed by atoms with van der Waals surface area (Å²) in [5.41, 5.74) is 9.80. The molecule has 0 bridgehead atoms. The Balaban J connectivity index is 1.29. The highest BCUT2D eigenvalue weighted by molar-refractivity contribution is 5.85. The van der Waals surface area contributed by atoms with Crippen LogP contribution in [0.4, 0.5) is 4.79 Å². The van der Waals surface area contributed by atoms with Gasteiger partial charge in [0.1, 0.15) is 6.61 Å². The number of nitrogens with zero attached hydrogens (tertiary/aromatic N) is 1. The minimum Gasteiger partial charge on any atom is -0.449 e. The number of carbonyl (C=O) groups is 3. The number of carbonyl (C=O) groups excluding carboxylic acids is 3. The molecule has 3 N–H and O–H groups in total. The average Bonchev–Trinajstić information content (AvgIpc) is 3.20. The van der Waals surface area contributed by atoms with Crippen LogP contribution in [-0.2, 0) is 14.3 Å². The largest absolute Gasteiger partial charge is 0.449 e. The average molecular weight is 509 g/mol. The summed E-state index contributed by atoms with van der Waals surface area (Å²) in [4.78, 5) is 38.5. The molecule has 0 aliphatic heterocycles. The molecular formula is C29H40N4O4. The summed E-state index contributed by atoms with van der Waals surface area (Å²) >= 11 is 0. The molecule has 2 aromatic rings. The summed E-state index contributed by atoms with van der Waals surface area (Å²) in [6.45, 7) is 4.89. The van der Waals surface area contributed by atoms with E-state index in [-0.39, 0.29) is 30.4 Å². The van der Waals surface area contributed by atoms with Crippen LogP contribution in [0.1, 0.15) is 63.0 Å². The number of ether oxygens (including phenoxy) is 1. The van der Waals surface area contributed by atoms with Gasteiger partial charge in [0.15, 0.2) is 0 Å². The number of hydrogen-bond acceptors (Lipinski definition) is 5. The van der Waals surface area contributed by atoms with Gasteiger partial charge in [-0.1, -0.05) is 68.8 Å². The Morgan fingerprint density at radius 2 is 1.51 bits per heavy atom. The van der Waals surface area contributed by atoms with Gasteiger partial charge >= 0.3 is 6.09 Å². The molecule has 1 atom stereocenters. The number of unbranched alkanes of at least 4 members (excludes halogenated alkanes) is 2. The summed E-state index contributed by atoms with van der Waals surface area (Å²) in [5.74, 6) is -0.0225. The van der Waals surface area contributed by atoms with E-state index >= 15 is 0 Å². The minimum absolute atomic E-state index is 0.0375. The number of hydrazine groups is 1. The van der Waals surface area contributed by atoms with Crippen molar-refractivity contribution >= 4 is 17.9 Å². The van der Waals surface area contributed by atoms with Crippen molar-refractivity contribution in [2.24, 2.45) is 5.92 Å². The summed E-state index contributed by atoms with van der Waals surface area (Å²) in [6.07, 6.45) is 2.77. The van der Waals surface area contributed by atoms with E-state index in [0.717, 1.165) is 12.8 Å². The number of nitrogens with one attached hydrogen (secondary N) is 3. The van der Waals surface area contributed by atoms with E-state index in [1.807, 2.05) is 43.3 Å². The van der Waals surface area contributed by atoms with Crippen LogP contribution in [0.5, 0.6) is 0 Å². The van der Waals surface area contributed by atoms with Gasteiger partial charge in [-0.3, -0.25) is 25.3 Å². The summed E-state index contributed by atoms with van der Waals surface area (Å²) in [5, 5.41) is 2.80. The molecule has 0 spiro atoms. The summed E-state index contributed by atoms with van der Waals surface area (Å²) in [7, 11) is 3.70. The van der Waals surface area contributed by atoms with Gasteiger partial charge in [-0.05, 0) is 61.5 Å². The van der Waals surface area contributed by atoms with E-state index in [1.165, 1.54) is 22.3 Å². The first-order chi connectivity index (χ1) is 17.8. The smallest absolute Gasteiger partial charge is 0.407 e. The van der Waals surface area contributed by atoms with Crippen LogP contribution in [0, 0.1) is 5.92 Å². The van der Waals surface area contributed by atoms with Crippen molar-refractivity contribution in [3.05, 3.63) is 59.7 Å². The maximum atomic E-state index is 12.3. The van der Waals surface area contributed by atoms with E-state index < -0.39 is 6.09 Å². The SMILES string of the molecule is CC(C)C[C@H](C(=O)NNC(=O)CCCCCNC(=O)OCC1c2ccccc2-c2ccccc21)N(C)C. The highest BCUT2D eigenvalue weighted by atomic mass is 16.5. The first-order valence-corrected chi connectivity index (χ1v) is 13.1. The molecule has 0 saturated carbocycles. The van der Waals surface area contributed by atoms with E-state index in [2.05, 4.69) is 54.3 Å². The minimum atomic E-state index is -0.431. The lowest BCUT2D eigenvalue weighted by Crippen LogP contribution is -2.51. The van der Waals surface area contributed by atoms with Crippen molar-refractivity contribution in [3.63, 3.8) is 0 Å². The van der Waals surface area contributed by atoms with Gasteiger partial charge < -0.3 is 10.1 Å². The third-order valence-electron chi connectivity index (χ3n) is 6.64. The number of amides is 3. The lowest BCUT2D eigenvalue weighted by molar-refractivity contribution is -0.132. The molecular weight excluding hydrogens is 468 g/mol. The maximum Gasteiger partial charge on any atom is 0.407 e. The van der Waals surface area contributed by atoms with Crippen LogP contribution < -0.4 is 16.2 Å². The van der Waals surface area contributed by atoms with Gasteiger partial charge in [-0.15, -0.1) is 0 Å². The van der Waals surface area contributed by atoms with E-state index in [1.54, 1.807) is 0 Å². The predicted molar refractivity (Wildman–Crippen MR) is 145 cm³/mol. The molecule has 200 valence electrons. The first kappa shape index (κ1) is 28.2. The Labute approximate surface area is 220 Å². The van der Waals surface area contributed by atoms with E-state index in [9.17, 15) is 14.4 Å². The molecule has 8 nitrogen and oxygen atoms in total. The Morgan fingerprint density at radius 3 is 2.11 bits per heavy atom. The van der Waals surface area contributed by atoms with Gasteiger partial charge in [0.2, 0.25) is 5.91 Å². The van der Waals surface area contributed by atoms with Crippen LogP contribution in [0.2, 0.25) is 0 Å². The molecule has 0 saturated heterocycles. The summed E-state index contributed by atoms with van der Waals surface area (Å²) in [6, 6.07) is 16.2. The Bertz CT molecular complexity index is 1020. The number of alkyl carbamates (subject to hydrolysis) is 1. The van der Waals surface area contributed by atoms with Gasteiger partial charge in [0.25, 0.3) is 5.91 Å². The zero-order valence-electron chi connectivity index (χ0n) is 22.4. The van der Waals surface area contributed by atoms with Crippen LogP contribution in [-0.4, -0.2) is 56.1 Å². The fraction of sp³-hybridized carbons (Fsp3) is 0.483. The van der Waals surface area contributed by atoms with Crippen molar-refractivity contribution in [1.82, 2.24) is 21.1 Å². The Morgan fingerprint density at radius 1 is 0.892 bits per heavy atom. The number of benzene rings is 2. The van der Waals surface area contributed by atoms with Crippen molar-refractivity contribution in [1.29, 1.82) is 0 Å². The number of fused-ring (bicyclic) bond motifs is 3. The highest BCUT2D eigenvalue weighted by Crippen LogP contribution is 2.44. The molecule has 37 heavy (non-hydrogen) atoms. The molecule has 2 aromatic carbocycles. The third-order valence-corrected chi connectivity index (χ3v) is 6.64. The molecule has 0 radical (unpaired) electrons. The topological polar surface area (TPSA) is 99.8 Å². The fourth-order valence-electron chi connectivity index (χ4n) is 4.70. The molecule has 8 heteroatoms. The third kappa shape index (κ3) is 8.05. The second-order valence-corrected chi connectivity index (χ2v) is 10.2. The van der Waals surface area contributed by atoms with Crippen LogP contribution in [0.3, 0.4) is 0 Å². The van der Waals surface area contributed by atoms with Gasteiger partial charge in [-0.2, -0.15) is 0 Å². The molecule has 0 heterocycles. The normalized spacial score (nSPS) is 13.1. The van der Waals surface area contributed by atoms with Gasteiger partial charge in [0.05, 0.1) is 6.04 Å². The van der Waals surface area contributed by atoms with Crippen molar-refractivity contribution < 1.29 is 19.1 Å². The van der Waals surface area contributed by atoms with Crippen LogP contribution in [0.25, 0.3) is 11.1 Å². The molecule has 1 aliphatic rings. The maximum absolute atomic E-state index is 12.3. The Hall–Kier alpha value is -3.39. The van der Waals surface area contributed by atoms with E-state index in [0.29, 0.717) is 31.7 Å². The van der Waals surface area contributed by atoms with Gasteiger partial charge in [-0.25, -0.2) is 4.79 Å². The molecule has 3 amide bonds. The molecule has 3 rings (SSSR count). The molecule has 0 unspecified atom stereocenters. The van der Waals surface area contributed by atoms with E-state index in [4.69, 9.17) is 4.74 Å². The number of hydrogen-bond donors (Lipinski definition) is 3. The van der Waals surface area contributed by atoms with Crippen molar-refractivity contribution in [2.45, 2.75) is 57.9 Å². The molecule has 1 aliphatic carbocycles. The highest BCUT2D eigenvalue weighted by Gasteiger charge is 2.29. The van der Waals surface area contributed by atoms with Crippen molar-refractivity contribution in [3.8, 4) is 11.1 Å². The molecule has 0 fully saturated rings. The van der Waals surface area contributed by atoms with Crippen LogP contribution >= 0.6 is 0 Å². The monoisotopic (exact) mass is 508 g/mol. The van der Waals surface area contributed by atoms with Crippen molar-refractivity contribution in [2.75, 3.05) is 27.2 Å². The van der Waals surface area contributed by atoms with Gasteiger partial charge in [0, 0.05) is 18.9 Å². The predicted octanol–water partition coefficient (Wildman–Crippen LogP) is 4.21. The number of rotatable bonds is 12. The standard InChI is InChI=1S/C29H40N4O4/c1-20(2)18-26(33(3)4)28(35)32-31-27(34)16-6-5-11-17-30-29(36)37-19-25-23-14-9-7-12-21(23)22-13-8-10-15-24(22)25/h7-10,12-15,20,25-26H,5-6,11,16-19H2,1-4H3,(H,30,36)(H,31,34)(H,32,35)/t26-/m1/s1. The fourth-order valence-corrected chi connectivity index (χ4v) is 4.70. The second-order valence-electron chi connectivity index (χ2n) is 10.2. The quantitative estimate of drug-likeness (QED) is 0.295. The zero-order chi connectivity index (χ0) is 26.8. The summed E-state index contributed by atoms with van der Waals surface area (Å²) < 4.78 is 5.54. The zero-order valence-corrected chi connectivity index (χ0v) is 22.4. The Kier molecular flexibility index (Phi) is 10.5. The number of likely N-dealkylation sites (N-methyl/N-ethyl adjacent to an activating group) is 1. The molecule has 0 aromatic heterocycles. The van der Waals surface area contributed by atoms with Crippen LogP contribution in [0.15, 0.2) is 48.5 Å². The lowest BCUT2D eigenvalue weighted by Gasteiger charge is -2.24. The second kappa shape index (κ2) is 13.8. The first-order valence-electron chi connectivity index (χ1n) is 13.1.